The molecule has 1 aromatic carbocycles. The van der Waals surface area contributed by atoms with Crippen molar-refractivity contribution in [1.82, 2.24) is 9.80 Å². The molecule has 2 amide bonds. The third kappa shape index (κ3) is 6.49. The van der Waals surface area contributed by atoms with Gasteiger partial charge < -0.3 is 9.80 Å². The molecular weight excluding hydrogens is 367 g/mol. The maximum Gasteiger partial charge on any atom is 0.223 e. The maximum absolute atomic E-state index is 14.1. The van der Waals surface area contributed by atoms with Gasteiger partial charge in [-0.15, -0.1) is 0 Å². The fourth-order valence-electron chi connectivity index (χ4n) is 3.25. The zero-order chi connectivity index (χ0) is 19.8. The van der Waals surface area contributed by atoms with Crippen molar-refractivity contribution >= 4 is 23.4 Å². The Labute approximate surface area is 166 Å². The van der Waals surface area contributed by atoms with Crippen molar-refractivity contribution in [3.05, 3.63) is 34.6 Å². The van der Waals surface area contributed by atoms with Crippen LogP contribution in [0, 0.1) is 5.82 Å². The topological polar surface area (TPSA) is 40.6 Å². The van der Waals surface area contributed by atoms with Crippen LogP contribution in [0.3, 0.4) is 0 Å². The van der Waals surface area contributed by atoms with Crippen LogP contribution in [-0.4, -0.2) is 40.7 Å². The van der Waals surface area contributed by atoms with Crippen molar-refractivity contribution in [1.29, 1.82) is 0 Å². The van der Waals surface area contributed by atoms with E-state index in [4.69, 9.17) is 11.6 Å². The van der Waals surface area contributed by atoms with E-state index in [1.54, 1.807) is 17.0 Å². The van der Waals surface area contributed by atoms with Crippen LogP contribution < -0.4 is 0 Å². The van der Waals surface area contributed by atoms with Gasteiger partial charge in [0.05, 0.1) is 6.54 Å². The summed E-state index contributed by atoms with van der Waals surface area (Å²) in [5.41, 5.74) is 0.368. The number of hydrogen-bond acceptors (Lipinski definition) is 2. The van der Waals surface area contributed by atoms with Gasteiger partial charge in [-0.2, -0.15) is 0 Å². The molecule has 1 aliphatic rings. The van der Waals surface area contributed by atoms with Gasteiger partial charge in [0.2, 0.25) is 11.8 Å². The minimum absolute atomic E-state index is 0.0258. The molecule has 4 nitrogen and oxygen atoms in total. The fraction of sp³-hybridized carbons (Fsp3) is 0.619. The predicted molar refractivity (Wildman–Crippen MR) is 106 cm³/mol. The number of carbonyl (C=O) groups excluding carboxylic acids is 2. The number of amides is 2. The molecule has 0 bridgehead atoms. The van der Waals surface area contributed by atoms with E-state index in [0.717, 1.165) is 38.8 Å². The molecule has 0 atom stereocenters. The molecule has 0 aromatic heterocycles. The molecule has 1 aromatic rings. The van der Waals surface area contributed by atoms with Crippen LogP contribution in [0.4, 0.5) is 4.39 Å². The molecule has 0 N–H and O–H groups in total. The number of benzene rings is 1. The molecule has 6 heteroatoms. The van der Waals surface area contributed by atoms with Gasteiger partial charge in [-0.25, -0.2) is 4.39 Å². The second kappa shape index (κ2) is 10.6. The number of nitrogens with zero attached hydrogens (tertiary/aromatic N) is 2. The predicted octanol–water partition coefficient (Wildman–Crippen LogP) is 4.79. The highest BCUT2D eigenvalue weighted by molar-refractivity contribution is 6.31. The summed E-state index contributed by atoms with van der Waals surface area (Å²) < 4.78 is 14.1. The summed E-state index contributed by atoms with van der Waals surface area (Å²) >= 11 is 6.12. The van der Waals surface area contributed by atoms with Crippen LogP contribution in [0.25, 0.3) is 0 Å². The number of rotatable bonds is 11. The second-order valence-corrected chi connectivity index (χ2v) is 7.59. The molecule has 0 spiro atoms. The first kappa shape index (κ1) is 21.7. The standard InChI is InChI=1S/C21H30ClFN2O2/c1-3-13-24(14-4-2)20(26)9-6-10-21(27)25(16-11-12-16)15-17-18(22)7-5-8-19(17)23/h5,7-8,16H,3-4,6,9-15H2,1-2H3. The van der Waals surface area contributed by atoms with E-state index in [-0.39, 0.29) is 30.2 Å². The molecular formula is C21H30ClFN2O2. The quantitative estimate of drug-likeness (QED) is 0.539. The number of carbonyl (C=O) groups is 2. The Hall–Kier alpha value is -1.62. The van der Waals surface area contributed by atoms with Crippen molar-refractivity contribution < 1.29 is 14.0 Å². The van der Waals surface area contributed by atoms with Gasteiger partial charge in [0, 0.05) is 42.6 Å². The average molecular weight is 397 g/mol. The Morgan fingerprint density at radius 1 is 1.11 bits per heavy atom. The molecule has 1 fully saturated rings. The van der Waals surface area contributed by atoms with Crippen LogP contribution in [0.15, 0.2) is 18.2 Å². The lowest BCUT2D eigenvalue weighted by molar-refractivity contribution is -0.133. The first-order valence-corrected chi connectivity index (χ1v) is 10.4. The Morgan fingerprint density at radius 2 is 1.74 bits per heavy atom. The summed E-state index contributed by atoms with van der Waals surface area (Å²) in [6.45, 7) is 5.84. The van der Waals surface area contributed by atoms with Gasteiger partial charge in [-0.1, -0.05) is 31.5 Å². The number of hydrogen-bond donors (Lipinski definition) is 0. The SMILES string of the molecule is CCCN(CCC)C(=O)CCCC(=O)N(Cc1c(F)cccc1Cl)C1CC1. The van der Waals surface area contributed by atoms with Gasteiger partial charge >= 0.3 is 0 Å². The van der Waals surface area contributed by atoms with Crippen LogP contribution in [0.1, 0.15) is 64.4 Å². The Kier molecular flexibility index (Phi) is 8.55. The zero-order valence-electron chi connectivity index (χ0n) is 16.3. The first-order chi connectivity index (χ1) is 13.0. The zero-order valence-corrected chi connectivity index (χ0v) is 17.1. The van der Waals surface area contributed by atoms with E-state index >= 15 is 0 Å². The summed E-state index contributed by atoms with van der Waals surface area (Å²) in [4.78, 5) is 28.6. The van der Waals surface area contributed by atoms with E-state index < -0.39 is 0 Å². The normalized spacial score (nSPS) is 13.5. The lowest BCUT2D eigenvalue weighted by atomic mass is 10.1. The van der Waals surface area contributed by atoms with Crippen molar-refractivity contribution in [2.45, 2.75) is 71.4 Å². The van der Waals surface area contributed by atoms with Crippen molar-refractivity contribution in [2.24, 2.45) is 0 Å². The summed E-state index contributed by atoms with van der Waals surface area (Å²) in [5, 5.41) is 0.346. The third-order valence-electron chi connectivity index (χ3n) is 4.82. The Morgan fingerprint density at radius 3 is 2.30 bits per heavy atom. The minimum Gasteiger partial charge on any atom is -0.343 e. The van der Waals surface area contributed by atoms with Crippen molar-refractivity contribution in [3.63, 3.8) is 0 Å². The van der Waals surface area contributed by atoms with E-state index in [0.29, 0.717) is 29.8 Å². The van der Waals surface area contributed by atoms with E-state index in [1.807, 2.05) is 4.90 Å². The molecule has 1 aliphatic carbocycles. The Bertz CT molecular complexity index is 623. The highest BCUT2D eigenvalue weighted by Gasteiger charge is 2.33. The van der Waals surface area contributed by atoms with E-state index in [2.05, 4.69) is 13.8 Å². The van der Waals surface area contributed by atoms with Crippen LogP contribution in [-0.2, 0) is 16.1 Å². The summed E-state index contributed by atoms with van der Waals surface area (Å²) in [7, 11) is 0. The molecule has 150 valence electrons. The minimum atomic E-state index is -0.383. The molecule has 0 heterocycles. The highest BCUT2D eigenvalue weighted by Crippen LogP contribution is 2.31. The van der Waals surface area contributed by atoms with Gasteiger partial charge in [-0.3, -0.25) is 9.59 Å². The van der Waals surface area contributed by atoms with Crippen LogP contribution in [0.2, 0.25) is 5.02 Å². The largest absolute Gasteiger partial charge is 0.343 e. The van der Waals surface area contributed by atoms with Gasteiger partial charge in [0.1, 0.15) is 5.82 Å². The molecule has 2 rings (SSSR count). The van der Waals surface area contributed by atoms with Crippen LogP contribution >= 0.6 is 11.6 Å². The second-order valence-electron chi connectivity index (χ2n) is 7.19. The lowest BCUT2D eigenvalue weighted by Gasteiger charge is -2.24. The summed E-state index contributed by atoms with van der Waals surface area (Å²) in [5.74, 6) is -0.297. The van der Waals surface area contributed by atoms with Gasteiger partial charge in [0.25, 0.3) is 0 Å². The van der Waals surface area contributed by atoms with Gasteiger partial charge in [0.15, 0.2) is 0 Å². The highest BCUT2D eigenvalue weighted by atomic mass is 35.5. The monoisotopic (exact) mass is 396 g/mol. The molecule has 0 aliphatic heterocycles. The summed E-state index contributed by atoms with van der Waals surface area (Å²) in [6, 6.07) is 4.74. The fourth-order valence-corrected chi connectivity index (χ4v) is 3.48. The first-order valence-electron chi connectivity index (χ1n) is 9.98. The van der Waals surface area contributed by atoms with Crippen LogP contribution in [0.5, 0.6) is 0 Å². The maximum atomic E-state index is 14.1. The van der Waals surface area contributed by atoms with Gasteiger partial charge in [-0.05, 0) is 44.2 Å². The average Bonchev–Trinajstić information content (AvgIpc) is 3.46. The molecule has 27 heavy (non-hydrogen) atoms. The number of halogens is 2. The van der Waals surface area contributed by atoms with Crippen molar-refractivity contribution in [2.75, 3.05) is 13.1 Å². The Balaban J connectivity index is 1.89. The smallest absolute Gasteiger partial charge is 0.223 e. The van der Waals surface area contributed by atoms with E-state index in [9.17, 15) is 14.0 Å². The summed E-state index contributed by atoms with van der Waals surface area (Å²) in [6.07, 6.45) is 4.96. The molecule has 0 radical (unpaired) electrons. The van der Waals surface area contributed by atoms with E-state index in [1.165, 1.54) is 6.07 Å². The van der Waals surface area contributed by atoms with Crippen molar-refractivity contribution in [3.8, 4) is 0 Å². The molecule has 0 saturated heterocycles. The third-order valence-corrected chi connectivity index (χ3v) is 5.17. The molecule has 1 saturated carbocycles. The lowest BCUT2D eigenvalue weighted by Crippen LogP contribution is -2.34. The molecule has 0 unspecified atom stereocenters.